The quantitative estimate of drug-likeness (QED) is 0.772. The van der Waals surface area contributed by atoms with E-state index in [2.05, 4.69) is 25.3 Å². The molecule has 156 valence electrons. The lowest BCUT2D eigenvalue weighted by Crippen LogP contribution is -2.46. The highest BCUT2D eigenvalue weighted by molar-refractivity contribution is 5.64. The molecule has 0 radical (unpaired) electrons. The van der Waals surface area contributed by atoms with Crippen molar-refractivity contribution >= 4 is 17.7 Å². The van der Waals surface area contributed by atoms with E-state index in [1.54, 1.807) is 0 Å². The minimum Gasteiger partial charge on any atom is -0.384 e. The summed E-state index contributed by atoms with van der Waals surface area (Å²) in [6, 6.07) is 1.24. The van der Waals surface area contributed by atoms with Crippen molar-refractivity contribution in [3.05, 3.63) is 17.8 Å². The van der Waals surface area contributed by atoms with Crippen LogP contribution in [0.5, 0.6) is 0 Å². The molecule has 0 aliphatic carbocycles. The average molecular weight is 406 g/mol. The van der Waals surface area contributed by atoms with Gasteiger partial charge in [-0.2, -0.15) is 15.0 Å². The van der Waals surface area contributed by atoms with Crippen molar-refractivity contribution in [2.24, 2.45) is 0 Å². The fourth-order valence-corrected chi connectivity index (χ4v) is 3.49. The summed E-state index contributed by atoms with van der Waals surface area (Å²) in [5.41, 5.74) is 5.54. The Morgan fingerprint density at radius 1 is 1.17 bits per heavy atom. The predicted molar refractivity (Wildman–Crippen MR) is 105 cm³/mol. The van der Waals surface area contributed by atoms with Gasteiger partial charge in [0.25, 0.3) is 6.43 Å². The summed E-state index contributed by atoms with van der Waals surface area (Å²) < 4.78 is 32.8. The fourth-order valence-electron chi connectivity index (χ4n) is 3.49. The number of nitrogens with two attached hydrogens (primary N) is 1. The zero-order chi connectivity index (χ0) is 20.4. The Labute approximate surface area is 167 Å². The molecule has 2 fully saturated rings. The summed E-state index contributed by atoms with van der Waals surface area (Å²) in [4.78, 5) is 21.8. The molecule has 0 saturated carbocycles. The summed E-state index contributed by atoms with van der Waals surface area (Å²) in [6.45, 7) is 6.80. The van der Waals surface area contributed by atoms with Crippen molar-refractivity contribution in [2.45, 2.75) is 19.4 Å². The standard InChI is InChI=1S/C18H24F2N8O/c1-11-10-29-7-6-28(11)18-25-16(13-9-23-14(21)8-12(13)15(19)20)24-17(26-18)27-4-2-22-3-5-27/h8-9,11,15,22H,2-7,10H2,1H3,(H2,21,23). The van der Waals surface area contributed by atoms with Crippen LogP contribution >= 0.6 is 0 Å². The first kappa shape index (κ1) is 19.6. The molecular formula is C18H24F2N8O. The van der Waals surface area contributed by atoms with Crippen molar-refractivity contribution in [1.29, 1.82) is 0 Å². The SMILES string of the molecule is CC1COCCN1c1nc(-c2cnc(N)cc2C(F)F)nc(N2CCNCC2)n1. The molecule has 2 saturated heterocycles. The van der Waals surface area contributed by atoms with Crippen molar-refractivity contribution in [3.8, 4) is 11.4 Å². The molecule has 2 aromatic heterocycles. The van der Waals surface area contributed by atoms with Crippen LogP contribution in [-0.4, -0.2) is 71.9 Å². The van der Waals surface area contributed by atoms with E-state index in [1.807, 2.05) is 16.7 Å². The minimum atomic E-state index is -2.72. The lowest BCUT2D eigenvalue weighted by Gasteiger charge is -2.34. The van der Waals surface area contributed by atoms with Crippen LogP contribution in [0.4, 0.5) is 26.5 Å². The number of anilines is 3. The third-order valence-corrected chi connectivity index (χ3v) is 5.07. The highest BCUT2D eigenvalue weighted by Crippen LogP contribution is 2.31. The molecule has 0 bridgehead atoms. The number of aromatic nitrogens is 4. The summed E-state index contributed by atoms with van der Waals surface area (Å²) in [7, 11) is 0. The first-order valence-electron chi connectivity index (χ1n) is 9.63. The molecule has 9 nitrogen and oxygen atoms in total. The number of nitrogens with zero attached hydrogens (tertiary/aromatic N) is 6. The number of halogens is 2. The summed E-state index contributed by atoms with van der Waals surface area (Å²) in [6.07, 6.45) is -1.42. The van der Waals surface area contributed by atoms with E-state index in [4.69, 9.17) is 10.5 Å². The average Bonchev–Trinajstić information content (AvgIpc) is 2.74. The van der Waals surface area contributed by atoms with Crippen LogP contribution in [0.2, 0.25) is 0 Å². The van der Waals surface area contributed by atoms with E-state index in [-0.39, 0.29) is 28.8 Å². The van der Waals surface area contributed by atoms with Gasteiger partial charge in [0.05, 0.1) is 19.3 Å². The maximum absolute atomic E-state index is 13.7. The number of hydrogen-bond acceptors (Lipinski definition) is 9. The van der Waals surface area contributed by atoms with Gasteiger partial charge in [-0.15, -0.1) is 0 Å². The number of ether oxygens (including phenoxy) is 1. The van der Waals surface area contributed by atoms with E-state index in [0.29, 0.717) is 31.7 Å². The third-order valence-electron chi connectivity index (χ3n) is 5.07. The van der Waals surface area contributed by atoms with Gasteiger partial charge in [0.15, 0.2) is 5.82 Å². The number of rotatable bonds is 4. The molecule has 0 aromatic carbocycles. The van der Waals surface area contributed by atoms with Crippen molar-refractivity contribution in [2.75, 3.05) is 61.5 Å². The predicted octanol–water partition coefficient (Wildman–Crippen LogP) is 1.09. The molecule has 2 aromatic rings. The summed E-state index contributed by atoms with van der Waals surface area (Å²) in [5, 5.41) is 3.28. The molecule has 11 heteroatoms. The molecule has 3 N–H and O–H groups in total. The highest BCUT2D eigenvalue weighted by atomic mass is 19.3. The Balaban J connectivity index is 1.81. The molecule has 4 rings (SSSR count). The zero-order valence-corrected chi connectivity index (χ0v) is 16.2. The normalized spacial score (nSPS) is 20.3. The van der Waals surface area contributed by atoms with Crippen molar-refractivity contribution < 1.29 is 13.5 Å². The van der Waals surface area contributed by atoms with Crippen molar-refractivity contribution in [3.63, 3.8) is 0 Å². The van der Waals surface area contributed by atoms with Crippen LogP contribution in [0.3, 0.4) is 0 Å². The van der Waals surface area contributed by atoms with E-state index in [0.717, 1.165) is 26.2 Å². The lowest BCUT2D eigenvalue weighted by molar-refractivity contribution is 0.0981. The van der Waals surface area contributed by atoms with Gasteiger partial charge in [-0.1, -0.05) is 0 Å². The van der Waals surface area contributed by atoms with E-state index < -0.39 is 6.43 Å². The Morgan fingerprint density at radius 2 is 1.93 bits per heavy atom. The molecule has 2 aliphatic heterocycles. The van der Waals surface area contributed by atoms with Gasteiger partial charge in [-0.3, -0.25) is 0 Å². The summed E-state index contributed by atoms with van der Waals surface area (Å²) in [5.74, 6) is 1.13. The lowest BCUT2D eigenvalue weighted by atomic mass is 10.1. The fraction of sp³-hybridized carbons (Fsp3) is 0.556. The van der Waals surface area contributed by atoms with Gasteiger partial charge in [0, 0.05) is 50.0 Å². The molecule has 0 spiro atoms. The number of hydrogen-bond donors (Lipinski definition) is 2. The minimum absolute atomic E-state index is 0.0301. The molecular weight excluding hydrogens is 382 g/mol. The topological polar surface area (TPSA) is 105 Å². The highest BCUT2D eigenvalue weighted by Gasteiger charge is 2.26. The molecule has 29 heavy (non-hydrogen) atoms. The molecule has 4 heterocycles. The number of nitrogens with one attached hydrogen (secondary N) is 1. The number of piperazine rings is 1. The number of morpholine rings is 1. The largest absolute Gasteiger partial charge is 0.384 e. The number of nitrogen functional groups attached to an aromatic ring is 1. The second kappa shape index (κ2) is 8.37. The van der Waals surface area contributed by atoms with Crippen LogP contribution < -0.4 is 20.9 Å². The smallest absolute Gasteiger partial charge is 0.264 e. The first-order chi connectivity index (χ1) is 14.0. The Morgan fingerprint density at radius 3 is 2.66 bits per heavy atom. The molecule has 1 unspecified atom stereocenters. The van der Waals surface area contributed by atoms with Crippen LogP contribution in [-0.2, 0) is 4.74 Å². The van der Waals surface area contributed by atoms with Crippen LogP contribution in [0.1, 0.15) is 18.9 Å². The first-order valence-corrected chi connectivity index (χ1v) is 9.63. The van der Waals surface area contributed by atoms with E-state index >= 15 is 0 Å². The van der Waals surface area contributed by atoms with Gasteiger partial charge < -0.3 is 25.6 Å². The van der Waals surface area contributed by atoms with E-state index in [9.17, 15) is 8.78 Å². The van der Waals surface area contributed by atoms with Gasteiger partial charge in [-0.05, 0) is 13.0 Å². The molecule has 0 amide bonds. The maximum atomic E-state index is 13.7. The van der Waals surface area contributed by atoms with Crippen LogP contribution in [0.25, 0.3) is 11.4 Å². The van der Waals surface area contributed by atoms with Gasteiger partial charge in [0.1, 0.15) is 5.82 Å². The summed E-state index contributed by atoms with van der Waals surface area (Å²) >= 11 is 0. The monoisotopic (exact) mass is 406 g/mol. The Hall–Kier alpha value is -2.66. The van der Waals surface area contributed by atoms with Crippen LogP contribution in [0.15, 0.2) is 12.3 Å². The second-order valence-corrected chi connectivity index (χ2v) is 7.11. The zero-order valence-electron chi connectivity index (χ0n) is 16.2. The molecule has 1 atom stereocenters. The maximum Gasteiger partial charge on any atom is 0.264 e. The van der Waals surface area contributed by atoms with Crippen molar-refractivity contribution in [1.82, 2.24) is 25.3 Å². The number of alkyl halides is 2. The molecule has 2 aliphatic rings. The Bertz CT molecular complexity index is 862. The number of pyridine rings is 1. The third kappa shape index (κ3) is 4.20. The van der Waals surface area contributed by atoms with Gasteiger partial charge in [0.2, 0.25) is 11.9 Å². The van der Waals surface area contributed by atoms with Gasteiger partial charge in [-0.25, -0.2) is 13.8 Å². The second-order valence-electron chi connectivity index (χ2n) is 7.11. The van der Waals surface area contributed by atoms with E-state index in [1.165, 1.54) is 12.3 Å². The van der Waals surface area contributed by atoms with Crippen LogP contribution in [0, 0.1) is 0 Å². The Kier molecular flexibility index (Phi) is 5.67. The van der Waals surface area contributed by atoms with Gasteiger partial charge >= 0.3 is 0 Å².